The Labute approximate surface area is 174 Å². The van der Waals surface area contributed by atoms with Crippen molar-refractivity contribution in [1.82, 2.24) is 5.32 Å². The van der Waals surface area contributed by atoms with E-state index >= 15 is 0 Å². The molecule has 2 nitrogen and oxygen atoms in total. The standard InChI is InChI=1S/C24H31BF2N2/c1-16-5-8-22(26)21(11-16)20-7-6-17(12-23(20)27)15-29-19-13-18(14-19)24(2,28)9-3-4-10-25/h5-8,11-12,18-19,29H,3-4,9-10,13-15,28H2,1-2H3. The van der Waals surface area contributed by atoms with Gasteiger partial charge in [0.15, 0.2) is 0 Å². The van der Waals surface area contributed by atoms with E-state index in [0.717, 1.165) is 49.6 Å². The minimum absolute atomic E-state index is 0.140. The molecule has 2 radical (unpaired) electrons. The number of hydrogen-bond acceptors (Lipinski definition) is 2. The predicted octanol–water partition coefficient (Wildman–Crippen LogP) is 5.28. The molecule has 1 aliphatic rings. The topological polar surface area (TPSA) is 38.0 Å². The normalized spacial score (nSPS) is 20.9. The van der Waals surface area contributed by atoms with Crippen molar-refractivity contribution in [2.24, 2.45) is 11.7 Å². The summed E-state index contributed by atoms with van der Waals surface area (Å²) in [5, 5.41) is 3.50. The molecule has 3 rings (SSSR count). The molecule has 0 bridgehead atoms. The number of unbranched alkanes of at least 4 members (excludes halogenated alkanes) is 1. The summed E-state index contributed by atoms with van der Waals surface area (Å²) in [6.07, 6.45) is 5.91. The highest BCUT2D eigenvalue weighted by Gasteiger charge is 2.39. The van der Waals surface area contributed by atoms with E-state index in [2.05, 4.69) is 12.2 Å². The summed E-state index contributed by atoms with van der Waals surface area (Å²) in [6.45, 7) is 4.61. The molecule has 0 heterocycles. The first-order valence-corrected chi connectivity index (χ1v) is 10.6. The second-order valence-electron chi connectivity index (χ2n) is 8.80. The number of benzene rings is 2. The average molecular weight is 396 g/mol. The first-order chi connectivity index (χ1) is 13.8. The van der Waals surface area contributed by atoms with Crippen LogP contribution >= 0.6 is 0 Å². The summed E-state index contributed by atoms with van der Waals surface area (Å²) < 4.78 is 28.7. The molecule has 2 aromatic carbocycles. The summed E-state index contributed by atoms with van der Waals surface area (Å²) in [5.41, 5.74) is 8.73. The Hall–Kier alpha value is -1.72. The van der Waals surface area contributed by atoms with Gasteiger partial charge in [-0.05, 0) is 62.8 Å². The van der Waals surface area contributed by atoms with Gasteiger partial charge in [-0.3, -0.25) is 0 Å². The van der Waals surface area contributed by atoms with Gasteiger partial charge in [0.1, 0.15) is 11.6 Å². The van der Waals surface area contributed by atoms with E-state index in [1.807, 2.05) is 13.0 Å². The Bertz CT molecular complexity index is 832. The maximum absolute atomic E-state index is 14.6. The average Bonchev–Trinajstić information content (AvgIpc) is 2.63. The van der Waals surface area contributed by atoms with E-state index in [9.17, 15) is 8.78 Å². The Morgan fingerprint density at radius 3 is 2.52 bits per heavy atom. The second-order valence-corrected chi connectivity index (χ2v) is 8.80. The van der Waals surface area contributed by atoms with E-state index < -0.39 is 11.6 Å². The fourth-order valence-electron chi connectivity index (χ4n) is 4.17. The molecule has 0 spiro atoms. The maximum Gasteiger partial charge on any atom is 0.131 e. The van der Waals surface area contributed by atoms with Crippen molar-refractivity contribution < 1.29 is 8.78 Å². The fourth-order valence-corrected chi connectivity index (χ4v) is 4.17. The van der Waals surface area contributed by atoms with Gasteiger partial charge in [0, 0.05) is 29.3 Å². The van der Waals surface area contributed by atoms with Gasteiger partial charge in [-0.1, -0.05) is 42.9 Å². The van der Waals surface area contributed by atoms with Gasteiger partial charge in [-0.15, -0.1) is 0 Å². The van der Waals surface area contributed by atoms with Gasteiger partial charge in [-0.25, -0.2) is 8.78 Å². The molecule has 0 amide bonds. The molecule has 1 saturated carbocycles. The molecular weight excluding hydrogens is 365 g/mol. The second kappa shape index (κ2) is 9.40. The van der Waals surface area contributed by atoms with Gasteiger partial charge >= 0.3 is 0 Å². The third-order valence-electron chi connectivity index (χ3n) is 6.28. The van der Waals surface area contributed by atoms with E-state index in [4.69, 9.17) is 13.6 Å². The molecule has 5 heteroatoms. The van der Waals surface area contributed by atoms with Crippen LogP contribution in [0.1, 0.15) is 50.2 Å². The summed E-state index contributed by atoms with van der Waals surface area (Å²) in [5.74, 6) is -0.284. The van der Waals surface area contributed by atoms with Crippen LogP contribution < -0.4 is 11.1 Å². The largest absolute Gasteiger partial charge is 0.325 e. The van der Waals surface area contributed by atoms with E-state index in [1.165, 1.54) is 12.1 Å². The maximum atomic E-state index is 14.6. The summed E-state index contributed by atoms with van der Waals surface area (Å²) in [7, 11) is 5.57. The van der Waals surface area contributed by atoms with Crippen molar-refractivity contribution in [3.8, 4) is 11.1 Å². The van der Waals surface area contributed by atoms with Gasteiger partial charge in [0.2, 0.25) is 0 Å². The minimum Gasteiger partial charge on any atom is -0.325 e. The van der Waals surface area contributed by atoms with Crippen molar-refractivity contribution in [1.29, 1.82) is 0 Å². The van der Waals surface area contributed by atoms with Gasteiger partial charge in [0.25, 0.3) is 0 Å². The smallest absolute Gasteiger partial charge is 0.131 e. The van der Waals surface area contributed by atoms with Crippen LogP contribution in [0.5, 0.6) is 0 Å². The molecule has 3 N–H and O–H groups in total. The molecule has 1 unspecified atom stereocenters. The summed E-state index contributed by atoms with van der Waals surface area (Å²) in [6, 6.07) is 10.2. The van der Waals surface area contributed by atoms with Crippen LogP contribution in [0.15, 0.2) is 36.4 Å². The lowest BCUT2D eigenvalue weighted by molar-refractivity contribution is 0.123. The Morgan fingerprint density at radius 2 is 1.83 bits per heavy atom. The number of nitrogens with one attached hydrogen (secondary N) is 1. The lowest BCUT2D eigenvalue weighted by Crippen LogP contribution is -2.54. The number of halogens is 2. The number of rotatable bonds is 9. The summed E-state index contributed by atoms with van der Waals surface area (Å²) >= 11 is 0. The minimum atomic E-state index is -0.405. The Kier molecular flexibility index (Phi) is 7.12. The highest BCUT2D eigenvalue weighted by atomic mass is 19.1. The zero-order valence-electron chi connectivity index (χ0n) is 17.5. The molecule has 2 aromatic rings. The predicted molar refractivity (Wildman–Crippen MR) is 117 cm³/mol. The molecule has 0 aliphatic heterocycles. The first kappa shape index (κ1) is 22.0. The van der Waals surface area contributed by atoms with Gasteiger partial charge in [0.05, 0.1) is 7.85 Å². The monoisotopic (exact) mass is 396 g/mol. The van der Waals surface area contributed by atoms with Crippen molar-refractivity contribution in [2.45, 2.75) is 70.4 Å². The highest BCUT2D eigenvalue weighted by Crippen LogP contribution is 2.38. The van der Waals surface area contributed by atoms with Crippen molar-refractivity contribution in [3.05, 3.63) is 59.2 Å². The Balaban J connectivity index is 1.53. The lowest BCUT2D eigenvalue weighted by Gasteiger charge is -2.46. The lowest BCUT2D eigenvalue weighted by atomic mass is 9.67. The van der Waals surface area contributed by atoms with Crippen molar-refractivity contribution in [2.75, 3.05) is 0 Å². The zero-order chi connectivity index (χ0) is 21.0. The number of aryl methyl sites for hydroxylation is 1. The van der Waals surface area contributed by atoms with E-state index in [1.54, 1.807) is 18.2 Å². The van der Waals surface area contributed by atoms with Crippen LogP contribution in [0.3, 0.4) is 0 Å². The molecule has 0 saturated heterocycles. The van der Waals surface area contributed by atoms with E-state index in [0.29, 0.717) is 29.6 Å². The molecular formula is C24H31BF2N2. The van der Waals surface area contributed by atoms with Gasteiger partial charge < -0.3 is 11.1 Å². The Morgan fingerprint density at radius 1 is 1.07 bits per heavy atom. The van der Waals surface area contributed by atoms with E-state index in [-0.39, 0.29) is 5.54 Å². The molecule has 154 valence electrons. The molecule has 1 atom stereocenters. The molecule has 1 aliphatic carbocycles. The third-order valence-corrected chi connectivity index (χ3v) is 6.28. The molecule has 0 aromatic heterocycles. The van der Waals surface area contributed by atoms with Crippen LogP contribution in [0, 0.1) is 24.5 Å². The zero-order valence-corrected chi connectivity index (χ0v) is 17.5. The summed E-state index contributed by atoms with van der Waals surface area (Å²) in [4.78, 5) is 0. The molecule has 1 fully saturated rings. The number of nitrogens with two attached hydrogens (primary N) is 1. The number of hydrogen-bond donors (Lipinski definition) is 2. The fraction of sp³-hybridized carbons (Fsp3) is 0.500. The SMILES string of the molecule is [B]CCCCC(C)(N)C1CC(NCc2ccc(-c3cc(C)ccc3F)c(F)c2)C1. The third kappa shape index (κ3) is 5.46. The first-order valence-electron chi connectivity index (χ1n) is 10.6. The van der Waals surface area contributed by atoms with Crippen LogP contribution in [-0.4, -0.2) is 19.4 Å². The highest BCUT2D eigenvalue weighted by molar-refractivity contribution is 6.08. The van der Waals surface area contributed by atoms with Crippen molar-refractivity contribution in [3.63, 3.8) is 0 Å². The van der Waals surface area contributed by atoms with Crippen LogP contribution in [-0.2, 0) is 6.54 Å². The van der Waals surface area contributed by atoms with Crippen LogP contribution in [0.2, 0.25) is 6.32 Å². The van der Waals surface area contributed by atoms with Crippen LogP contribution in [0.25, 0.3) is 11.1 Å². The van der Waals surface area contributed by atoms with Crippen molar-refractivity contribution >= 4 is 7.85 Å². The quantitative estimate of drug-likeness (QED) is 0.447. The van der Waals surface area contributed by atoms with Crippen LogP contribution in [0.4, 0.5) is 8.78 Å². The van der Waals surface area contributed by atoms with Gasteiger partial charge in [-0.2, -0.15) is 0 Å². The molecule has 29 heavy (non-hydrogen) atoms.